The second-order valence-corrected chi connectivity index (χ2v) is 6.36. The van der Waals surface area contributed by atoms with E-state index in [0.717, 1.165) is 42.7 Å². The largest absolute Gasteiger partial charge is 0.372 e. The number of ether oxygens (including phenoxy) is 1. The van der Waals surface area contributed by atoms with Gasteiger partial charge in [-0.25, -0.2) is 4.68 Å². The topological polar surface area (TPSA) is 69.8 Å². The zero-order valence-corrected chi connectivity index (χ0v) is 14.6. The zero-order valence-electron chi connectivity index (χ0n) is 14.6. The molecule has 2 aromatic heterocycles. The zero-order chi connectivity index (χ0) is 17.2. The Kier molecular flexibility index (Phi) is 4.33. The van der Waals surface area contributed by atoms with Crippen LogP contribution in [0.4, 0.5) is 0 Å². The number of hydrogen-bond donors (Lipinski definition) is 1. The van der Waals surface area contributed by atoms with Crippen LogP contribution in [0.15, 0.2) is 30.5 Å². The summed E-state index contributed by atoms with van der Waals surface area (Å²) in [7, 11) is 0. The minimum absolute atomic E-state index is 0.551. The van der Waals surface area contributed by atoms with Gasteiger partial charge in [-0.1, -0.05) is 12.1 Å². The molecule has 130 valence electrons. The Bertz CT molecular complexity index is 882. The third kappa shape index (κ3) is 3.33. The number of benzene rings is 1. The van der Waals surface area contributed by atoms with E-state index < -0.39 is 0 Å². The van der Waals surface area contributed by atoms with Crippen molar-refractivity contribution in [1.29, 1.82) is 0 Å². The molecule has 7 heteroatoms. The molecule has 25 heavy (non-hydrogen) atoms. The molecule has 7 nitrogen and oxygen atoms in total. The molecule has 0 bridgehead atoms. The number of aromatic nitrogens is 5. The van der Waals surface area contributed by atoms with Crippen molar-refractivity contribution >= 4 is 0 Å². The van der Waals surface area contributed by atoms with Crippen molar-refractivity contribution in [2.24, 2.45) is 0 Å². The minimum Gasteiger partial charge on any atom is -0.372 e. The van der Waals surface area contributed by atoms with E-state index in [1.807, 2.05) is 11.6 Å². The van der Waals surface area contributed by atoms with E-state index in [-0.39, 0.29) is 0 Å². The Morgan fingerprint density at radius 1 is 1.20 bits per heavy atom. The van der Waals surface area contributed by atoms with Gasteiger partial charge in [0.15, 0.2) is 5.82 Å². The maximum Gasteiger partial charge on any atom is 0.159 e. The van der Waals surface area contributed by atoms with Gasteiger partial charge >= 0.3 is 0 Å². The first kappa shape index (κ1) is 16.0. The van der Waals surface area contributed by atoms with E-state index in [1.54, 1.807) is 0 Å². The lowest BCUT2D eigenvalue weighted by atomic mass is 10.2. The monoisotopic (exact) mass is 338 g/mol. The van der Waals surface area contributed by atoms with Crippen molar-refractivity contribution < 1.29 is 4.74 Å². The Morgan fingerprint density at radius 2 is 2.12 bits per heavy atom. The molecule has 0 fully saturated rings. The molecule has 0 amide bonds. The smallest absolute Gasteiger partial charge is 0.159 e. The molecule has 3 heterocycles. The highest BCUT2D eigenvalue weighted by molar-refractivity contribution is 5.36. The average Bonchev–Trinajstić information content (AvgIpc) is 3.19. The van der Waals surface area contributed by atoms with Crippen LogP contribution in [0.25, 0.3) is 5.69 Å². The lowest BCUT2D eigenvalue weighted by molar-refractivity contribution is 0.0805. The van der Waals surface area contributed by atoms with Crippen molar-refractivity contribution in [2.45, 2.75) is 40.1 Å². The van der Waals surface area contributed by atoms with Crippen molar-refractivity contribution in [2.75, 3.05) is 6.61 Å². The summed E-state index contributed by atoms with van der Waals surface area (Å²) in [6.07, 6.45) is 2.09. The van der Waals surface area contributed by atoms with Crippen molar-refractivity contribution in [3.63, 3.8) is 0 Å². The molecule has 4 rings (SSSR count). The third-order valence-electron chi connectivity index (χ3n) is 4.46. The number of hydrogen-bond acceptors (Lipinski definition) is 5. The Hall–Kier alpha value is -2.51. The minimum atomic E-state index is 0.551. The van der Waals surface area contributed by atoms with Gasteiger partial charge in [0.1, 0.15) is 12.4 Å². The molecule has 1 N–H and O–H groups in total. The first-order valence-electron chi connectivity index (χ1n) is 8.52. The predicted octanol–water partition coefficient (Wildman–Crippen LogP) is 1.90. The molecule has 0 radical (unpaired) electrons. The number of nitrogens with one attached hydrogen (secondary N) is 1. The molecule has 0 saturated carbocycles. The van der Waals surface area contributed by atoms with E-state index >= 15 is 0 Å². The van der Waals surface area contributed by atoms with E-state index in [2.05, 4.69) is 62.6 Å². The number of aryl methyl sites for hydroxylation is 2. The Labute approximate surface area is 146 Å². The summed E-state index contributed by atoms with van der Waals surface area (Å²) in [5.74, 6) is 1.87. The Balaban J connectivity index is 1.43. The summed E-state index contributed by atoms with van der Waals surface area (Å²) in [5, 5.41) is 16.5. The first-order chi connectivity index (χ1) is 12.2. The molecular weight excluding hydrogens is 316 g/mol. The van der Waals surface area contributed by atoms with Crippen LogP contribution >= 0.6 is 0 Å². The molecule has 0 saturated heterocycles. The van der Waals surface area contributed by atoms with E-state index in [0.29, 0.717) is 13.2 Å². The molecule has 1 aromatic carbocycles. The summed E-state index contributed by atoms with van der Waals surface area (Å²) >= 11 is 0. The quantitative estimate of drug-likeness (QED) is 0.769. The first-order valence-corrected chi connectivity index (χ1v) is 8.52. The van der Waals surface area contributed by atoms with Crippen molar-refractivity contribution in [1.82, 2.24) is 29.9 Å². The van der Waals surface area contributed by atoms with Gasteiger partial charge in [0.05, 0.1) is 24.5 Å². The highest BCUT2D eigenvalue weighted by Gasteiger charge is 2.15. The van der Waals surface area contributed by atoms with Gasteiger partial charge < -0.3 is 14.6 Å². The van der Waals surface area contributed by atoms with Crippen LogP contribution in [-0.4, -0.2) is 31.2 Å². The van der Waals surface area contributed by atoms with Gasteiger partial charge in [-0.3, -0.25) is 0 Å². The average molecular weight is 338 g/mol. The third-order valence-corrected chi connectivity index (χ3v) is 4.46. The summed E-state index contributed by atoms with van der Waals surface area (Å²) in [6.45, 7) is 7.66. The standard InChI is InChI=1S/C18H22N6O/c1-13-4-3-5-16(8-13)24-11-15(14(2)22-24)9-19-10-17-20-21-18-12-25-7-6-23(17)18/h3-5,8,11,19H,6-7,9-10,12H2,1-2H3. The fraction of sp³-hybridized carbons (Fsp3) is 0.389. The van der Waals surface area contributed by atoms with Crippen LogP contribution in [0.1, 0.15) is 28.5 Å². The second-order valence-electron chi connectivity index (χ2n) is 6.36. The van der Waals surface area contributed by atoms with E-state index in [4.69, 9.17) is 4.74 Å². The van der Waals surface area contributed by atoms with E-state index in [9.17, 15) is 0 Å². The molecule has 0 spiro atoms. The van der Waals surface area contributed by atoms with Crippen LogP contribution in [-0.2, 0) is 31.0 Å². The van der Waals surface area contributed by atoms with Crippen LogP contribution in [0, 0.1) is 13.8 Å². The fourth-order valence-electron chi connectivity index (χ4n) is 3.07. The van der Waals surface area contributed by atoms with Gasteiger partial charge in [0.2, 0.25) is 0 Å². The van der Waals surface area contributed by atoms with Crippen LogP contribution in [0.5, 0.6) is 0 Å². The maximum absolute atomic E-state index is 5.40. The molecule has 0 atom stereocenters. The van der Waals surface area contributed by atoms with Gasteiger partial charge in [-0.15, -0.1) is 10.2 Å². The predicted molar refractivity (Wildman–Crippen MR) is 93.3 cm³/mol. The normalized spacial score (nSPS) is 13.8. The van der Waals surface area contributed by atoms with Gasteiger partial charge in [-0.2, -0.15) is 5.10 Å². The molecule has 1 aliphatic heterocycles. The van der Waals surface area contributed by atoms with Gasteiger partial charge in [-0.05, 0) is 31.5 Å². The fourth-order valence-corrected chi connectivity index (χ4v) is 3.07. The summed E-state index contributed by atoms with van der Waals surface area (Å²) in [5.41, 5.74) is 4.53. The SMILES string of the molecule is Cc1cccc(-n2cc(CNCc3nnc4n3CCOC4)c(C)n2)c1. The Morgan fingerprint density at radius 3 is 3.00 bits per heavy atom. The van der Waals surface area contributed by atoms with Crippen LogP contribution in [0.3, 0.4) is 0 Å². The highest BCUT2D eigenvalue weighted by Crippen LogP contribution is 2.14. The molecule has 1 aliphatic rings. The molecule has 0 aliphatic carbocycles. The maximum atomic E-state index is 5.40. The molecule has 0 unspecified atom stereocenters. The van der Waals surface area contributed by atoms with Crippen LogP contribution in [0.2, 0.25) is 0 Å². The number of fused-ring (bicyclic) bond motifs is 1. The molecule has 3 aromatic rings. The van der Waals surface area contributed by atoms with Gasteiger partial charge in [0.25, 0.3) is 0 Å². The highest BCUT2D eigenvalue weighted by atomic mass is 16.5. The van der Waals surface area contributed by atoms with Crippen molar-refractivity contribution in [3.05, 3.63) is 58.9 Å². The lowest BCUT2D eigenvalue weighted by Crippen LogP contribution is -2.22. The number of nitrogens with zero attached hydrogens (tertiary/aromatic N) is 5. The summed E-state index contributed by atoms with van der Waals surface area (Å²) < 4.78 is 9.48. The number of rotatable bonds is 5. The lowest BCUT2D eigenvalue weighted by Gasteiger charge is -2.15. The van der Waals surface area contributed by atoms with Crippen LogP contribution < -0.4 is 5.32 Å². The van der Waals surface area contributed by atoms with E-state index in [1.165, 1.54) is 11.1 Å². The van der Waals surface area contributed by atoms with Crippen molar-refractivity contribution in [3.8, 4) is 5.69 Å². The second kappa shape index (κ2) is 6.78. The summed E-state index contributed by atoms with van der Waals surface area (Å²) in [6, 6.07) is 8.35. The summed E-state index contributed by atoms with van der Waals surface area (Å²) in [4.78, 5) is 0. The van der Waals surface area contributed by atoms with Gasteiger partial charge in [0, 0.05) is 24.8 Å². The molecular formula is C18H22N6O.